The van der Waals surface area contributed by atoms with E-state index in [1.54, 1.807) is 0 Å². The smallest absolute Gasteiger partial charge is 0.105 e. The maximum Gasteiger partial charge on any atom is 0.105 e. The quantitative estimate of drug-likeness (QED) is 0.865. The van der Waals surface area contributed by atoms with Crippen LogP contribution >= 0.6 is 0 Å². The lowest BCUT2D eigenvalue weighted by atomic mass is 9.64. The number of nitrogens with zero attached hydrogens (tertiary/aromatic N) is 1. The van der Waals surface area contributed by atoms with E-state index in [-0.39, 0.29) is 0 Å². The Kier molecular flexibility index (Phi) is 4.27. The monoisotopic (exact) mass is 257 g/mol. The van der Waals surface area contributed by atoms with Crippen molar-refractivity contribution in [1.29, 1.82) is 5.26 Å². The summed E-state index contributed by atoms with van der Waals surface area (Å²) in [5.41, 5.74) is -0.855. The second kappa shape index (κ2) is 5.75. The molecule has 2 rings (SSSR count). The second-order valence-corrected chi connectivity index (χ2v) is 5.90. The molecule has 1 aliphatic carbocycles. The van der Waals surface area contributed by atoms with Crippen LogP contribution in [0.15, 0.2) is 30.3 Å². The van der Waals surface area contributed by atoms with Crippen LogP contribution < -0.4 is 0 Å². The number of benzene rings is 1. The summed E-state index contributed by atoms with van der Waals surface area (Å²) in [4.78, 5) is 0. The lowest BCUT2D eigenvalue weighted by molar-refractivity contribution is -0.0582. The van der Waals surface area contributed by atoms with Crippen molar-refractivity contribution in [2.45, 2.75) is 57.5 Å². The molecule has 1 aromatic rings. The Hall–Kier alpha value is -1.33. The van der Waals surface area contributed by atoms with Crippen molar-refractivity contribution in [2.24, 2.45) is 5.41 Å². The van der Waals surface area contributed by atoms with E-state index in [1.807, 2.05) is 37.3 Å². The summed E-state index contributed by atoms with van der Waals surface area (Å²) in [6, 6.07) is 12.1. The van der Waals surface area contributed by atoms with Crippen molar-refractivity contribution in [2.75, 3.05) is 0 Å². The fourth-order valence-corrected chi connectivity index (χ4v) is 3.26. The van der Waals surface area contributed by atoms with Crippen LogP contribution in [0, 0.1) is 16.7 Å². The first-order valence-electron chi connectivity index (χ1n) is 7.32. The lowest BCUT2D eigenvalue weighted by Gasteiger charge is -2.42. The summed E-state index contributed by atoms with van der Waals surface area (Å²) in [6.07, 6.45) is 7.28. The Balaban J connectivity index is 2.35. The van der Waals surface area contributed by atoms with Gasteiger partial charge in [0.25, 0.3) is 0 Å². The molecule has 1 aliphatic rings. The van der Waals surface area contributed by atoms with E-state index in [0.717, 1.165) is 31.2 Å². The largest absolute Gasteiger partial charge is 0.384 e. The molecule has 0 radical (unpaired) electrons. The number of rotatable bonds is 2. The average Bonchev–Trinajstić information content (AvgIpc) is 2.40. The zero-order valence-electron chi connectivity index (χ0n) is 11.7. The zero-order chi connectivity index (χ0) is 13.8. The summed E-state index contributed by atoms with van der Waals surface area (Å²) < 4.78 is 0. The normalized spacial score (nSPS) is 22.6. The van der Waals surface area contributed by atoms with E-state index >= 15 is 0 Å². The van der Waals surface area contributed by atoms with Crippen LogP contribution in [0.3, 0.4) is 0 Å². The van der Waals surface area contributed by atoms with Crippen LogP contribution in [0.5, 0.6) is 0 Å². The number of nitriles is 1. The van der Waals surface area contributed by atoms with Crippen LogP contribution in [0.1, 0.15) is 57.4 Å². The molecule has 0 aromatic heterocycles. The molecule has 0 heterocycles. The zero-order valence-corrected chi connectivity index (χ0v) is 11.7. The minimum Gasteiger partial charge on any atom is -0.384 e. The number of hydrogen-bond acceptors (Lipinski definition) is 2. The second-order valence-electron chi connectivity index (χ2n) is 5.90. The molecular formula is C17H23NO. The van der Waals surface area contributed by atoms with Gasteiger partial charge in [-0.05, 0) is 25.3 Å². The summed E-state index contributed by atoms with van der Waals surface area (Å²) >= 11 is 0. The van der Waals surface area contributed by atoms with Crippen LogP contribution in [0.2, 0.25) is 0 Å². The van der Waals surface area contributed by atoms with Crippen molar-refractivity contribution in [3.05, 3.63) is 35.9 Å². The summed E-state index contributed by atoms with van der Waals surface area (Å²) in [7, 11) is 0. The molecule has 1 aromatic carbocycles. The highest BCUT2D eigenvalue weighted by molar-refractivity contribution is 5.28. The lowest BCUT2D eigenvalue weighted by Crippen LogP contribution is -2.43. The third kappa shape index (κ3) is 2.67. The SMILES string of the molecule is CC(O)(c1ccccc1)C1(C#N)CCCCCCC1. The van der Waals surface area contributed by atoms with Gasteiger partial charge in [0.05, 0.1) is 11.5 Å². The first-order chi connectivity index (χ1) is 9.12. The molecule has 1 saturated carbocycles. The Morgan fingerprint density at radius 2 is 1.58 bits per heavy atom. The first kappa shape index (κ1) is 14.1. The van der Waals surface area contributed by atoms with Gasteiger partial charge in [0, 0.05) is 0 Å². The predicted molar refractivity (Wildman–Crippen MR) is 76.4 cm³/mol. The van der Waals surface area contributed by atoms with Gasteiger partial charge in [-0.3, -0.25) is 0 Å². The van der Waals surface area contributed by atoms with Crippen LogP contribution in [0.4, 0.5) is 0 Å². The summed E-state index contributed by atoms with van der Waals surface area (Å²) in [6.45, 7) is 1.81. The predicted octanol–water partition coefficient (Wildman–Crippen LogP) is 4.15. The fraction of sp³-hybridized carbons (Fsp3) is 0.588. The highest BCUT2D eigenvalue weighted by Crippen LogP contribution is 2.47. The Bertz CT molecular complexity index is 436. The molecule has 1 atom stereocenters. The summed E-state index contributed by atoms with van der Waals surface area (Å²) in [5, 5.41) is 20.8. The Labute approximate surface area is 116 Å². The van der Waals surface area contributed by atoms with Gasteiger partial charge in [-0.15, -0.1) is 0 Å². The first-order valence-corrected chi connectivity index (χ1v) is 7.32. The van der Waals surface area contributed by atoms with Gasteiger partial charge < -0.3 is 5.11 Å². The number of hydrogen-bond donors (Lipinski definition) is 1. The van der Waals surface area contributed by atoms with Crippen molar-refractivity contribution in [3.8, 4) is 6.07 Å². The molecule has 0 bridgehead atoms. The highest BCUT2D eigenvalue weighted by atomic mass is 16.3. The molecule has 2 heteroatoms. The molecule has 102 valence electrons. The molecular weight excluding hydrogens is 234 g/mol. The van der Waals surface area contributed by atoms with E-state index in [1.165, 1.54) is 19.3 Å². The highest BCUT2D eigenvalue weighted by Gasteiger charge is 2.48. The number of aliphatic hydroxyl groups is 1. The standard InChI is InChI=1S/C17H23NO/c1-16(19,15-10-6-5-7-11-15)17(14-18)12-8-3-2-4-9-13-17/h5-7,10-11,19H,2-4,8-9,12-13H2,1H3. The molecule has 2 nitrogen and oxygen atoms in total. The van der Waals surface area contributed by atoms with E-state index in [0.29, 0.717) is 0 Å². The topological polar surface area (TPSA) is 44.0 Å². The minimum atomic E-state index is -1.07. The maximum atomic E-state index is 11.1. The van der Waals surface area contributed by atoms with Gasteiger partial charge in [-0.1, -0.05) is 62.4 Å². The van der Waals surface area contributed by atoms with Crippen molar-refractivity contribution >= 4 is 0 Å². The van der Waals surface area contributed by atoms with Gasteiger partial charge >= 0.3 is 0 Å². The molecule has 1 N–H and O–H groups in total. The molecule has 1 fully saturated rings. The van der Waals surface area contributed by atoms with Gasteiger partial charge in [0.15, 0.2) is 0 Å². The Morgan fingerprint density at radius 3 is 2.11 bits per heavy atom. The van der Waals surface area contributed by atoms with Gasteiger partial charge in [0.2, 0.25) is 0 Å². The molecule has 0 saturated heterocycles. The van der Waals surface area contributed by atoms with E-state index in [9.17, 15) is 10.4 Å². The molecule has 0 amide bonds. The fourth-order valence-electron chi connectivity index (χ4n) is 3.26. The van der Waals surface area contributed by atoms with Crippen LogP contribution in [-0.2, 0) is 5.60 Å². The maximum absolute atomic E-state index is 11.1. The minimum absolute atomic E-state index is 0.644. The Morgan fingerprint density at radius 1 is 1.05 bits per heavy atom. The third-order valence-electron chi connectivity index (χ3n) is 4.69. The van der Waals surface area contributed by atoms with E-state index in [4.69, 9.17) is 0 Å². The van der Waals surface area contributed by atoms with Crippen molar-refractivity contribution in [1.82, 2.24) is 0 Å². The van der Waals surface area contributed by atoms with Crippen LogP contribution in [-0.4, -0.2) is 5.11 Å². The molecule has 1 unspecified atom stereocenters. The van der Waals surface area contributed by atoms with Gasteiger partial charge in [-0.2, -0.15) is 5.26 Å². The third-order valence-corrected chi connectivity index (χ3v) is 4.69. The van der Waals surface area contributed by atoms with E-state index < -0.39 is 11.0 Å². The van der Waals surface area contributed by atoms with Crippen LogP contribution in [0.25, 0.3) is 0 Å². The molecule has 0 aliphatic heterocycles. The van der Waals surface area contributed by atoms with Crippen molar-refractivity contribution in [3.63, 3.8) is 0 Å². The molecule has 19 heavy (non-hydrogen) atoms. The van der Waals surface area contributed by atoms with Gasteiger partial charge in [-0.25, -0.2) is 0 Å². The molecule has 0 spiro atoms. The summed E-state index contributed by atoms with van der Waals surface area (Å²) in [5.74, 6) is 0. The average molecular weight is 257 g/mol. The van der Waals surface area contributed by atoms with Crippen molar-refractivity contribution < 1.29 is 5.11 Å². The van der Waals surface area contributed by atoms with E-state index in [2.05, 4.69) is 6.07 Å². The van der Waals surface area contributed by atoms with Gasteiger partial charge in [0.1, 0.15) is 5.60 Å².